The molecule has 2 aliphatic rings. The molecular formula is C17H29NO5. The molecule has 1 saturated carbocycles. The molecule has 0 bridgehead atoms. The van der Waals surface area contributed by atoms with Crippen LogP contribution in [-0.2, 0) is 19.1 Å². The molecule has 4 atom stereocenters. The fourth-order valence-corrected chi connectivity index (χ4v) is 3.56. The average Bonchev–Trinajstić information content (AvgIpc) is 2.99. The first-order valence-corrected chi connectivity index (χ1v) is 8.55. The first-order chi connectivity index (χ1) is 10.8. The number of rotatable bonds is 7. The third-order valence-corrected chi connectivity index (χ3v) is 5.33. The standard InChI is InChI=1S/C17H29NO5/c1-5-6-9-22-14-10-13(17(14,2)3)18(4)15(19)11-7-8-12(23-11)16(20)21/h11-14H,5-10H2,1-4H3,(H,20,21)/t11-,12+,13?,14?/m0/s1. The first-order valence-electron chi connectivity index (χ1n) is 8.55. The maximum Gasteiger partial charge on any atom is 0.332 e. The van der Waals surface area contributed by atoms with Crippen LogP contribution in [0.2, 0.25) is 0 Å². The monoisotopic (exact) mass is 327 g/mol. The van der Waals surface area contributed by atoms with Gasteiger partial charge in [0, 0.05) is 25.1 Å². The van der Waals surface area contributed by atoms with Gasteiger partial charge in [-0.1, -0.05) is 27.2 Å². The summed E-state index contributed by atoms with van der Waals surface area (Å²) in [5, 5.41) is 8.97. The smallest absolute Gasteiger partial charge is 0.332 e. The molecule has 1 amide bonds. The van der Waals surface area contributed by atoms with E-state index >= 15 is 0 Å². The molecule has 0 spiro atoms. The predicted octanol–water partition coefficient (Wildman–Crippen LogP) is 2.06. The molecule has 1 N–H and O–H groups in total. The Kier molecular flexibility index (Phi) is 5.68. The topological polar surface area (TPSA) is 76.1 Å². The summed E-state index contributed by atoms with van der Waals surface area (Å²) in [6, 6.07) is 0.106. The molecule has 1 saturated heterocycles. The van der Waals surface area contributed by atoms with Gasteiger partial charge in [-0.2, -0.15) is 0 Å². The molecule has 23 heavy (non-hydrogen) atoms. The Morgan fingerprint density at radius 1 is 1.30 bits per heavy atom. The van der Waals surface area contributed by atoms with Gasteiger partial charge >= 0.3 is 5.97 Å². The summed E-state index contributed by atoms with van der Waals surface area (Å²) in [4.78, 5) is 25.2. The van der Waals surface area contributed by atoms with Crippen molar-refractivity contribution in [2.24, 2.45) is 5.41 Å². The molecule has 1 heterocycles. The van der Waals surface area contributed by atoms with Gasteiger partial charge in [0.2, 0.25) is 0 Å². The van der Waals surface area contributed by atoms with Crippen LogP contribution in [0, 0.1) is 5.41 Å². The highest BCUT2D eigenvalue weighted by atomic mass is 16.5. The summed E-state index contributed by atoms with van der Waals surface area (Å²) in [6.45, 7) is 7.14. The Bertz CT molecular complexity index is 450. The lowest BCUT2D eigenvalue weighted by Gasteiger charge is -2.55. The molecule has 2 rings (SSSR count). The van der Waals surface area contributed by atoms with Crippen LogP contribution in [0.1, 0.15) is 52.9 Å². The molecule has 1 aliphatic heterocycles. The van der Waals surface area contributed by atoms with Gasteiger partial charge in [-0.05, 0) is 25.7 Å². The number of hydrogen-bond acceptors (Lipinski definition) is 4. The van der Waals surface area contributed by atoms with E-state index in [2.05, 4.69) is 20.8 Å². The van der Waals surface area contributed by atoms with E-state index in [-0.39, 0.29) is 23.5 Å². The van der Waals surface area contributed by atoms with Gasteiger partial charge in [-0.3, -0.25) is 4.79 Å². The quantitative estimate of drug-likeness (QED) is 0.724. The molecule has 132 valence electrons. The average molecular weight is 327 g/mol. The number of carbonyl (C=O) groups is 2. The van der Waals surface area contributed by atoms with Crippen LogP contribution in [0.15, 0.2) is 0 Å². The van der Waals surface area contributed by atoms with Crippen LogP contribution in [-0.4, -0.2) is 59.9 Å². The number of ether oxygens (including phenoxy) is 2. The largest absolute Gasteiger partial charge is 0.479 e. The van der Waals surface area contributed by atoms with Crippen LogP contribution in [0.25, 0.3) is 0 Å². The Hall–Kier alpha value is -1.14. The van der Waals surface area contributed by atoms with Gasteiger partial charge in [0.05, 0.1) is 6.10 Å². The number of nitrogens with zero attached hydrogens (tertiary/aromatic N) is 1. The number of likely N-dealkylation sites (N-methyl/N-ethyl adjacent to an activating group) is 1. The second kappa shape index (κ2) is 7.18. The summed E-state index contributed by atoms with van der Waals surface area (Å²) >= 11 is 0. The Balaban J connectivity index is 1.87. The third kappa shape index (κ3) is 3.69. The minimum atomic E-state index is -0.990. The van der Waals surface area contributed by atoms with Crippen molar-refractivity contribution in [2.45, 2.75) is 77.2 Å². The summed E-state index contributed by atoms with van der Waals surface area (Å²) in [5.41, 5.74) is -0.0943. The van der Waals surface area contributed by atoms with E-state index in [0.29, 0.717) is 12.8 Å². The number of carboxylic acids is 1. The van der Waals surface area contributed by atoms with E-state index < -0.39 is 18.2 Å². The Labute approximate surface area is 138 Å². The van der Waals surface area contributed by atoms with Gasteiger partial charge < -0.3 is 19.5 Å². The number of amides is 1. The zero-order valence-corrected chi connectivity index (χ0v) is 14.6. The van der Waals surface area contributed by atoms with Crippen molar-refractivity contribution in [3.63, 3.8) is 0 Å². The summed E-state index contributed by atoms with van der Waals surface area (Å²) in [6.07, 6.45) is 2.56. The van der Waals surface area contributed by atoms with E-state index in [1.807, 2.05) is 0 Å². The SMILES string of the molecule is CCCCOC1CC(N(C)C(=O)[C@@H]2CC[C@H](C(=O)O)O2)C1(C)C. The highest BCUT2D eigenvalue weighted by Gasteiger charge is 2.53. The van der Waals surface area contributed by atoms with Crippen molar-refractivity contribution in [2.75, 3.05) is 13.7 Å². The molecule has 0 aromatic rings. The second-order valence-electron chi connectivity index (χ2n) is 7.26. The minimum absolute atomic E-state index is 0.0943. The number of carbonyl (C=O) groups excluding carboxylic acids is 1. The van der Waals surface area contributed by atoms with Crippen molar-refractivity contribution >= 4 is 11.9 Å². The van der Waals surface area contributed by atoms with Gasteiger partial charge in [0.25, 0.3) is 5.91 Å². The van der Waals surface area contributed by atoms with Crippen molar-refractivity contribution in [3.8, 4) is 0 Å². The molecule has 6 heteroatoms. The van der Waals surface area contributed by atoms with Crippen LogP contribution in [0.5, 0.6) is 0 Å². The van der Waals surface area contributed by atoms with Crippen molar-refractivity contribution in [3.05, 3.63) is 0 Å². The minimum Gasteiger partial charge on any atom is -0.479 e. The highest BCUT2D eigenvalue weighted by Crippen LogP contribution is 2.46. The zero-order chi connectivity index (χ0) is 17.2. The number of hydrogen-bond donors (Lipinski definition) is 1. The summed E-state index contributed by atoms with van der Waals surface area (Å²) < 4.78 is 11.3. The van der Waals surface area contributed by atoms with Gasteiger partial charge in [-0.15, -0.1) is 0 Å². The maximum atomic E-state index is 12.6. The first kappa shape index (κ1) is 18.2. The lowest BCUT2D eigenvalue weighted by molar-refractivity contribution is -0.173. The maximum absolute atomic E-state index is 12.6. The van der Waals surface area contributed by atoms with Crippen LogP contribution in [0.3, 0.4) is 0 Å². The van der Waals surface area contributed by atoms with Gasteiger partial charge in [-0.25, -0.2) is 4.79 Å². The Morgan fingerprint density at radius 3 is 2.48 bits per heavy atom. The number of unbranched alkanes of at least 4 members (excludes halogenated alkanes) is 1. The number of aliphatic carboxylic acids is 1. The van der Waals surface area contributed by atoms with E-state index in [1.54, 1.807) is 11.9 Å². The van der Waals surface area contributed by atoms with Crippen molar-refractivity contribution in [1.29, 1.82) is 0 Å². The van der Waals surface area contributed by atoms with E-state index in [9.17, 15) is 9.59 Å². The number of carboxylic acid groups (broad SMARTS) is 1. The molecule has 1 aliphatic carbocycles. The summed E-state index contributed by atoms with van der Waals surface area (Å²) in [5.74, 6) is -1.10. The van der Waals surface area contributed by atoms with E-state index in [0.717, 1.165) is 25.9 Å². The molecule has 6 nitrogen and oxygen atoms in total. The highest BCUT2D eigenvalue weighted by molar-refractivity contribution is 5.83. The van der Waals surface area contributed by atoms with Gasteiger partial charge in [0.15, 0.2) is 6.10 Å². The third-order valence-electron chi connectivity index (χ3n) is 5.33. The summed E-state index contributed by atoms with van der Waals surface area (Å²) in [7, 11) is 1.79. The van der Waals surface area contributed by atoms with Crippen LogP contribution in [0.4, 0.5) is 0 Å². The van der Waals surface area contributed by atoms with Crippen molar-refractivity contribution < 1.29 is 24.2 Å². The van der Waals surface area contributed by atoms with Crippen molar-refractivity contribution in [1.82, 2.24) is 4.90 Å². The lowest BCUT2D eigenvalue weighted by Crippen LogP contribution is -2.63. The molecule has 0 radical (unpaired) electrons. The van der Waals surface area contributed by atoms with Gasteiger partial charge in [0.1, 0.15) is 6.10 Å². The molecule has 2 unspecified atom stereocenters. The molecule has 0 aromatic heterocycles. The fraction of sp³-hybridized carbons (Fsp3) is 0.882. The predicted molar refractivity (Wildman–Crippen MR) is 85.1 cm³/mol. The van der Waals surface area contributed by atoms with E-state index in [4.69, 9.17) is 14.6 Å². The second-order valence-corrected chi connectivity index (χ2v) is 7.26. The lowest BCUT2D eigenvalue weighted by atomic mass is 9.63. The van der Waals surface area contributed by atoms with E-state index in [1.165, 1.54) is 0 Å². The normalized spacial score (nSPS) is 32.3. The van der Waals surface area contributed by atoms with Crippen LogP contribution >= 0.6 is 0 Å². The van der Waals surface area contributed by atoms with Crippen LogP contribution < -0.4 is 0 Å². The molecular weight excluding hydrogens is 298 g/mol. The molecule has 0 aromatic carbocycles. The molecule has 2 fully saturated rings. The Morgan fingerprint density at radius 2 is 1.96 bits per heavy atom. The zero-order valence-electron chi connectivity index (χ0n) is 14.6. The fourth-order valence-electron chi connectivity index (χ4n) is 3.56.